The van der Waals surface area contributed by atoms with Crippen molar-refractivity contribution in [1.82, 2.24) is 10.2 Å². The molecule has 1 saturated heterocycles. The number of sulfone groups is 1. The Morgan fingerprint density at radius 1 is 1.28 bits per heavy atom. The molecular weight excluding hydrogens is 361 g/mol. The van der Waals surface area contributed by atoms with E-state index >= 15 is 0 Å². The van der Waals surface area contributed by atoms with Gasteiger partial charge in [-0.05, 0) is 17.7 Å². The number of hydrogen-bond donors (Lipinski definition) is 1. The zero-order chi connectivity index (χ0) is 18.8. The zero-order valence-corrected chi connectivity index (χ0v) is 14.2. The van der Waals surface area contributed by atoms with Gasteiger partial charge in [0, 0.05) is 25.8 Å². The third kappa shape index (κ3) is 5.45. The molecule has 1 aromatic carbocycles. The Morgan fingerprint density at radius 2 is 1.88 bits per heavy atom. The van der Waals surface area contributed by atoms with Gasteiger partial charge in [0.25, 0.3) is 0 Å². The average Bonchev–Trinajstić information content (AvgIpc) is 2.83. The number of alkyl halides is 3. The van der Waals surface area contributed by atoms with E-state index in [9.17, 15) is 31.2 Å². The van der Waals surface area contributed by atoms with Gasteiger partial charge in [-0.15, -0.1) is 0 Å². The quantitative estimate of drug-likeness (QED) is 0.832. The highest BCUT2D eigenvalue weighted by molar-refractivity contribution is 7.90. The lowest BCUT2D eigenvalue weighted by molar-refractivity contribution is -0.157. The molecule has 138 valence electrons. The van der Waals surface area contributed by atoms with Crippen LogP contribution in [0.25, 0.3) is 0 Å². The lowest BCUT2D eigenvalue weighted by Crippen LogP contribution is -2.37. The van der Waals surface area contributed by atoms with Gasteiger partial charge in [0.1, 0.15) is 6.54 Å². The fourth-order valence-corrected chi connectivity index (χ4v) is 3.14. The molecule has 25 heavy (non-hydrogen) atoms. The van der Waals surface area contributed by atoms with Gasteiger partial charge in [0.2, 0.25) is 11.8 Å². The predicted molar refractivity (Wildman–Crippen MR) is 82.1 cm³/mol. The van der Waals surface area contributed by atoms with Crippen molar-refractivity contribution in [2.24, 2.45) is 5.92 Å². The second-order valence-corrected chi connectivity index (χ2v) is 7.94. The number of carbonyl (C=O) groups excluding carboxylic acids is 2. The second kappa shape index (κ2) is 7.03. The van der Waals surface area contributed by atoms with Crippen LogP contribution in [0.15, 0.2) is 29.2 Å². The molecule has 0 bridgehead atoms. The highest BCUT2D eigenvalue weighted by atomic mass is 32.2. The third-order valence-electron chi connectivity index (χ3n) is 3.77. The normalized spacial score (nSPS) is 18.5. The molecule has 0 spiro atoms. The Balaban J connectivity index is 1.90. The minimum absolute atomic E-state index is 0.0901. The average molecular weight is 378 g/mol. The van der Waals surface area contributed by atoms with E-state index in [-0.39, 0.29) is 24.4 Å². The van der Waals surface area contributed by atoms with Crippen LogP contribution >= 0.6 is 0 Å². The smallest absolute Gasteiger partial charge is 0.352 e. The molecule has 0 radical (unpaired) electrons. The molecule has 10 heteroatoms. The minimum atomic E-state index is -4.50. The van der Waals surface area contributed by atoms with Crippen LogP contribution in [-0.4, -0.2) is 50.7 Å². The van der Waals surface area contributed by atoms with E-state index < -0.39 is 40.3 Å². The van der Waals surface area contributed by atoms with Gasteiger partial charge < -0.3 is 10.2 Å². The van der Waals surface area contributed by atoms with Gasteiger partial charge in [0.15, 0.2) is 9.84 Å². The summed E-state index contributed by atoms with van der Waals surface area (Å²) in [5.41, 5.74) is 0.636. The number of nitrogens with zero attached hydrogens (tertiary/aromatic N) is 1. The van der Waals surface area contributed by atoms with Crippen LogP contribution in [0.2, 0.25) is 0 Å². The lowest BCUT2D eigenvalue weighted by Gasteiger charge is -2.18. The summed E-state index contributed by atoms with van der Waals surface area (Å²) >= 11 is 0. The Morgan fingerprint density at radius 3 is 2.40 bits per heavy atom. The fourth-order valence-electron chi connectivity index (χ4n) is 2.51. The highest BCUT2D eigenvalue weighted by Gasteiger charge is 2.40. The first-order valence-electron chi connectivity index (χ1n) is 7.37. The van der Waals surface area contributed by atoms with Gasteiger partial charge >= 0.3 is 6.18 Å². The molecule has 2 amide bonds. The number of hydrogen-bond acceptors (Lipinski definition) is 4. The first-order valence-corrected chi connectivity index (χ1v) is 9.26. The van der Waals surface area contributed by atoms with Crippen molar-refractivity contribution in [2.45, 2.75) is 24.0 Å². The molecule has 0 aromatic heterocycles. The molecule has 1 atom stereocenters. The van der Waals surface area contributed by atoms with Crippen molar-refractivity contribution in [1.29, 1.82) is 0 Å². The Kier molecular flexibility index (Phi) is 5.40. The summed E-state index contributed by atoms with van der Waals surface area (Å²) in [6.07, 6.45) is -3.68. The van der Waals surface area contributed by atoms with E-state index in [0.717, 1.165) is 6.26 Å². The number of nitrogens with one attached hydrogen (secondary N) is 1. The van der Waals surface area contributed by atoms with Crippen molar-refractivity contribution < 1.29 is 31.2 Å². The van der Waals surface area contributed by atoms with Crippen LogP contribution in [0.5, 0.6) is 0 Å². The molecule has 1 unspecified atom stereocenters. The van der Waals surface area contributed by atoms with E-state index in [1.807, 2.05) is 0 Å². The van der Waals surface area contributed by atoms with Gasteiger partial charge in [-0.2, -0.15) is 13.2 Å². The number of carbonyl (C=O) groups is 2. The summed E-state index contributed by atoms with van der Waals surface area (Å²) in [4.78, 5) is 24.4. The number of rotatable bonds is 5. The van der Waals surface area contributed by atoms with Crippen molar-refractivity contribution >= 4 is 21.7 Å². The fraction of sp³-hybridized carbons (Fsp3) is 0.467. The number of benzene rings is 1. The zero-order valence-electron chi connectivity index (χ0n) is 13.3. The topological polar surface area (TPSA) is 83.5 Å². The van der Waals surface area contributed by atoms with Crippen LogP contribution < -0.4 is 5.32 Å². The molecule has 2 rings (SSSR count). The summed E-state index contributed by atoms with van der Waals surface area (Å²) in [5.74, 6) is -2.04. The third-order valence-corrected chi connectivity index (χ3v) is 4.90. The molecule has 6 nitrogen and oxygen atoms in total. The van der Waals surface area contributed by atoms with E-state index in [2.05, 4.69) is 5.32 Å². The maximum Gasteiger partial charge on any atom is 0.406 e. The summed E-state index contributed by atoms with van der Waals surface area (Å²) in [7, 11) is -3.31. The summed E-state index contributed by atoms with van der Waals surface area (Å²) in [6, 6.07) is 5.88. The van der Waals surface area contributed by atoms with Gasteiger partial charge in [-0.3, -0.25) is 9.59 Å². The van der Waals surface area contributed by atoms with Crippen LogP contribution in [0.1, 0.15) is 12.0 Å². The van der Waals surface area contributed by atoms with Crippen LogP contribution in [0.4, 0.5) is 13.2 Å². The standard InChI is InChI=1S/C15H17F3N2O4S/c1-25(23,24)12-4-2-10(3-5-12)7-19-14(22)11-6-13(21)20(8-11)9-15(16,17)18/h2-5,11H,6-9H2,1H3,(H,19,22). The molecule has 0 aliphatic carbocycles. The van der Waals surface area contributed by atoms with Gasteiger partial charge in [0.05, 0.1) is 10.8 Å². The Labute approximate surface area is 142 Å². The van der Waals surface area contributed by atoms with Crippen LogP contribution in [-0.2, 0) is 26.0 Å². The van der Waals surface area contributed by atoms with Crippen molar-refractivity contribution in [2.75, 3.05) is 19.3 Å². The van der Waals surface area contributed by atoms with Crippen molar-refractivity contribution in [3.05, 3.63) is 29.8 Å². The molecule has 1 aliphatic rings. The SMILES string of the molecule is CS(=O)(=O)c1ccc(CNC(=O)C2CC(=O)N(CC(F)(F)F)C2)cc1. The molecular formula is C15H17F3N2O4S. The molecule has 1 N–H and O–H groups in total. The predicted octanol–water partition coefficient (Wildman–Crippen LogP) is 1.12. The van der Waals surface area contributed by atoms with E-state index in [0.29, 0.717) is 10.5 Å². The first-order chi connectivity index (χ1) is 11.5. The van der Waals surface area contributed by atoms with Gasteiger partial charge in [-0.1, -0.05) is 12.1 Å². The lowest BCUT2D eigenvalue weighted by atomic mass is 10.1. The van der Waals surface area contributed by atoms with E-state index in [1.165, 1.54) is 24.3 Å². The molecule has 1 aromatic rings. The minimum Gasteiger partial charge on any atom is -0.352 e. The number of amides is 2. The van der Waals surface area contributed by atoms with E-state index in [1.54, 1.807) is 0 Å². The molecule has 1 heterocycles. The maximum absolute atomic E-state index is 12.4. The second-order valence-electron chi connectivity index (χ2n) is 5.92. The monoisotopic (exact) mass is 378 g/mol. The number of halogens is 3. The largest absolute Gasteiger partial charge is 0.406 e. The van der Waals surface area contributed by atoms with Crippen LogP contribution in [0, 0.1) is 5.92 Å². The van der Waals surface area contributed by atoms with Crippen molar-refractivity contribution in [3.63, 3.8) is 0 Å². The summed E-state index contributed by atoms with van der Waals surface area (Å²) in [6.45, 7) is -1.54. The molecule has 1 aliphatic heterocycles. The molecule has 1 fully saturated rings. The Hall–Kier alpha value is -2.10. The maximum atomic E-state index is 12.4. The number of likely N-dealkylation sites (tertiary alicyclic amines) is 1. The highest BCUT2D eigenvalue weighted by Crippen LogP contribution is 2.24. The summed E-state index contributed by atoms with van der Waals surface area (Å²) < 4.78 is 59.8. The van der Waals surface area contributed by atoms with Crippen molar-refractivity contribution in [3.8, 4) is 0 Å². The van der Waals surface area contributed by atoms with Gasteiger partial charge in [-0.25, -0.2) is 8.42 Å². The summed E-state index contributed by atoms with van der Waals surface area (Å²) in [5, 5.41) is 2.55. The first kappa shape index (κ1) is 19.2. The van der Waals surface area contributed by atoms with Crippen LogP contribution in [0.3, 0.4) is 0 Å². The molecule has 0 saturated carbocycles. The Bertz CT molecular complexity index is 760. The van der Waals surface area contributed by atoms with E-state index in [4.69, 9.17) is 0 Å².